The van der Waals surface area contributed by atoms with Gasteiger partial charge in [0.25, 0.3) is 0 Å². The summed E-state index contributed by atoms with van der Waals surface area (Å²) < 4.78 is 5.27. The SMILES string of the molecule is CCN1CCC(N)C(OC)C1. The molecule has 2 atom stereocenters. The van der Waals surface area contributed by atoms with Crippen LogP contribution in [-0.2, 0) is 4.74 Å². The topological polar surface area (TPSA) is 38.5 Å². The van der Waals surface area contributed by atoms with Crippen molar-refractivity contribution in [2.75, 3.05) is 26.7 Å². The Labute approximate surface area is 68.5 Å². The van der Waals surface area contributed by atoms with E-state index in [4.69, 9.17) is 10.5 Å². The van der Waals surface area contributed by atoms with Crippen molar-refractivity contribution in [1.29, 1.82) is 0 Å². The molecule has 0 saturated carbocycles. The first kappa shape index (κ1) is 8.97. The van der Waals surface area contributed by atoms with Gasteiger partial charge in [0.1, 0.15) is 0 Å². The molecule has 1 saturated heterocycles. The maximum absolute atomic E-state index is 5.85. The summed E-state index contributed by atoms with van der Waals surface area (Å²) in [5.41, 5.74) is 5.85. The van der Waals surface area contributed by atoms with Crippen molar-refractivity contribution in [3.05, 3.63) is 0 Å². The van der Waals surface area contributed by atoms with Crippen molar-refractivity contribution in [3.8, 4) is 0 Å². The first-order chi connectivity index (χ1) is 5.27. The molecular weight excluding hydrogens is 140 g/mol. The van der Waals surface area contributed by atoms with Gasteiger partial charge in [0.05, 0.1) is 6.10 Å². The van der Waals surface area contributed by atoms with Crippen LogP contribution in [0.4, 0.5) is 0 Å². The lowest BCUT2D eigenvalue weighted by atomic mass is 10.0. The van der Waals surface area contributed by atoms with Gasteiger partial charge in [0, 0.05) is 19.7 Å². The highest BCUT2D eigenvalue weighted by atomic mass is 16.5. The number of nitrogens with zero attached hydrogens (tertiary/aromatic N) is 1. The molecule has 11 heavy (non-hydrogen) atoms. The maximum atomic E-state index is 5.85. The zero-order chi connectivity index (χ0) is 8.27. The summed E-state index contributed by atoms with van der Waals surface area (Å²) in [4.78, 5) is 2.37. The van der Waals surface area contributed by atoms with Crippen LogP contribution in [0.1, 0.15) is 13.3 Å². The molecule has 1 aliphatic heterocycles. The fraction of sp³-hybridized carbons (Fsp3) is 1.00. The van der Waals surface area contributed by atoms with Crippen LogP contribution in [0.25, 0.3) is 0 Å². The fourth-order valence-electron chi connectivity index (χ4n) is 1.54. The van der Waals surface area contributed by atoms with E-state index in [2.05, 4.69) is 11.8 Å². The lowest BCUT2D eigenvalue weighted by Crippen LogP contribution is -2.51. The minimum Gasteiger partial charge on any atom is -0.379 e. The number of ether oxygens (including phenoxy) is 1. The van der Waals surface area contributed by atoms with Crippen LogP contribution in [0.5, 0.6) is 0 Å². The average molecular weight is 158 g/mol. The van der Waals surface area contributed by atoms with E-state index in [-0.39, 0.29) is 12.1 Å². The molecule has 0 aromatic carbocycles. The summed E-state index contributed by atoms with van der Waals surface area (Å²) in [5, 5.41) is 0. The molecule has 3 heteroatoms. The largest absolute Gasteiger partial charge is 0.379 e. The van der Waals surface area contributed by atoms with E-state index < -0.39 is 0 Å². The van der Waals surface area contributed by atoms with Crippen LogP contribution >= 0.6 is 0 Å². The van der Waals surface area contributed by atoms with Crippen LogP contribution in [-0.4, -0.2) is 43.8 Å². The molecule has 0 aliphatic carbocycles. The van der Waals surface area contributed by atoms with Gasteiger partial charge in [-0.2, -0.15) is 0 Å². The zero-order valence-electron chi connectivity index (χ0n) is 7.42. The quantitative estimate of drug-likeness (QED) is 0.617. The standard InChI is InChI=1S/C8H18N2O/c1-3-10-5-4-7(9)8(6-10)11-2/h7-8H,3-6,9H2,1-2H3. The summed E-state index contributed by atoms with van der Waals surface area (Å²) in [7, 11) is 1.74. The van der Waals surface area contributed by atoms with Crippen LogP contribution in [0.3, 0.4) is 0 Å². The fourth-order valence-corrected chi connectivity index (χ4v) is 1.54. The number of hydrogen-bond donors (Lipinski definition) is 1. The first-order valence-corrected chi connectivity index (χ1v) is 4.28. The third kappa shape index (κ3) is 2.15. The van der Waals surface area contributed by atoms with Crippen molar-refractivity contribution in [2.24, 2.45) is 5.73 Å². The molecule has 0 aromatic rings. The van der Waals surface area contributed by atoms with E-state index >= 15 is 0 Å². The highest BCUT2D eigenvalue weighted by Crippen LogP contribution is 2.10. The Balaban J connectivity index is 2.37. The Kier molecular flexibility index (Phi) is 3.30. The van der Waals surface area contributed by atoms with Gasteiger partial charge in [-0.05, 0) is 19.5 Å². The molecule has 3 nitrogen and oxygen atoms in total. The zero-order valence-corrected chi connectivity index (χ0v) is 7.42. The maximum Gasteiger partial charge on any atom is 0.0849 e. The molecule has 1 heterocycles. The lowest BCUT2D eigenvalue weighted by molar-refractivity contribution is 0.0186. The predicted octanol–water partition coefficient (Wildman–Crippen LogP) is 0.0543. The van der Waals surface area contributed by atoms with Gasteiger partial charge in [-0.25, -0.2) is 0 Å². The Morgan fingerprint density at radius 3 is 2.91 bits per heavy atom. The second-order valence-corrected chi connectivity index (χ2v) is 3.12. The number of likely N-dealkylation sites (tertiary alicyclic amines) is 1. The summed E-state index contributed by atoms with van der Waals surface area (Å²) >= 11 is 0. The molecule has 66 valence electrons. The van der Waals surface area contributed by atoms with Crippen molar-refractivity contribution < 1.29 is 4.74 Å². The number of hydrogen-bond acceptors (Lipinski definition) is 3. The molecular formula is C8H18N2O. The molecule has 2 N–H and O–H groups in total. The molecule has 0 bridgehead atoms. The number of piperidine rings is 1. The monoisotopic (exact) mass is 158 g/mol. The van der Waals surface area contributed by atoms with Gasteiger partial charge in [0.15, 0.2) is 0 Å². The van der Waals surface area contributed by atoms with Crippen molar-refractivity contribution in [3.63, 3.8) is 0 Å². The minimum absolute atomic E-state index is 0.239. The Hall–Kier alpha value is -0.120. The minimum atomic E-state index is 0.239. The van der Waals surface area contributed by atoms with Crippen LogP contribution in [0.2, 0.25) is 0 Å². The van der Waals surface area contributed by atoms with E-state index in [0.29, 0.717) is 0 Å². The molecule has 1 aliphatic rings. The van der Waals surface area contributed by atoms with Crippen molar-refractivity contribution in [2.45, 2.75) is 25.5 Å². The van der Waals surface area contributed by atoms with Crippen LogP contribution < -0.4 is 5.73 Å². The predicted molar refractivity (Wildman–Crippen MR) is 45.5 cm³/mol. The molecule has 0 aromatic heterocycles. The van der Waals surface area contributed by atoms with E-state index in [1.165, 1.54) is 0 Å². The summed E-state index contributed by atoms with van der Waals surface area (Å²) in [6, 6.07) is 0.239. The van der Waals surface area contributed by atoms with Crippen LogP contribution in [0, 0.1) is 0 Å². The first-order valence-electron chi connectivity index (χ1n) is 4.28. The molecule has 2 unspecified atom stereocenters. The van der Waals surface area contributed by atoms with Crippen molar-refractivity contribution >= 4 is 0 Å². The highest BCUT2D eigenvalue weighted by molar-refractivity contribution is 4.82. The molecule has 0 amide bonds. The van der Waals surface area contributed by atoms with Crippen molar-refractivity contribution in [1.82, 2.24) is 4.90 Å². The molecule has 1 rings (SSSR count). The second kappa shape index (κ2) is 4.04. The number of rotatable bonds is 2. The van der Waals surface area contributed by atoms with E-state index in [9.17, 15) is 0 Å². The highest BCUT2D eigenvalue weighted by Gasteiger charge is 2.24. The average Bonchev–Trinajstić information content (AvgIpc) is 2.05. The Bertz CT molecular complexity index is 119. The molecule has 0 radical (unpaired) electrons. The van der Waals surface area contributed by atoms with Gasteiger partial charge >= 0.3 is 0 Å². The van der Waals surface area contributed by atoms with Crippen LogP contribution in [0.15, 0.2) is 0 Å². The Morgan fingerprint density at radius 2 is 2.36 bits per heavy atom. The molecule has 1 fully saturated rings. The smallest absolute Gasteiger partial charge is 0.0849 e. The van der Waals surface area contributed by atoms with E-state index in [1.807, 2.05) is 0 Å². The normalized spacial score (nSPS) is 34.1. The van der Waals surface area contributed by atoms with Gasteiger partial charge in [-0.1, -0.05) is 6.92 Å². The number of methoxy groups -OCH3 is 1. The molecule has 0 spiro atoms. The van der Waals surface area contributed by atoms with Gasteiger partial charge in [-0.3, -0.25) is 0 Å². The number of nitrogens with two attached hydrogens (primary N) is 1. The third-order valence-corrected chi connectivity index (χ3v) is 2.44. The second-order valence-electron chi connectivity index (χ2n) is 3.12. The van der Waals surface area contributed by atoms with Gasteiger partial charge in [0.2, 0.25) is 0 Å². The summed E-state index contributed by atoms with van der Waals surface area (Å²) in [6.07, 6.45) is 1.30. The van der Waals surface area contributed by atoms with Gasteiger partial charge in [-0.15, -0.1) is 0 Å². The lowest BCUT2D eigenvalue weighted by Gasteiger charge is -2.35. The summed E-state index contributed by atoms with van der Waals surface area (Å²) in [6.45, 7) is 5.39. The number of likely N-dealkylation sites (N-methyl/N-ethyl adjacent to an activating group) is 1. The summed E-state index contributed by atoms with van der Waals surface area (Å²) in [5.74, 6) is 0. The van der Waals surface area contributed by atoms with E-state index in [1.54, 1.807) is 7.11 Å². The van der Waals surface area contributed by atoms with E-state index in [0.717, 1.165) is 26.1 Å². The van der Waals surface area contributed by atoms with Gasteiger partial charge < -0.3 is 15.4 Å². The third-order valence-electron chi connectivity index (χ3n) is 2.44. The Morgan fingerprint density at radius 1 is 1.64 bits per heavy atom.